The van der Waals surface area contributed by atoms with E-state index in [1.165, 1.54) is 6.20 Å². The van der Waals surface area contributed by atoms with Crippen LogP contribution < -0.4 is 16.0 Å². The third-order valence-electron chi connectivity index (χ3n) is 4.65. The Morgan fingerprint density at radius 3 is 2.74 bits per heavy atom. The van der Waals surface area contributed by atoms with Crippen molar-refractivity contribution < 1.29 is 4.74 Å². The molecular weight excluding hydrogens is 344 g/mol. The number of aromatic nitrogens is 4. The van der Waals surface area contributed by atoms with E-state index in [2.05, 4.69) is 44.5 Å². The lowest BCUT2D eigenvalue weighted by molar-refractivity contribution is 0.386. The smallest absolute Gasteiger partial charge is 0.325 e. The second-order valence-electron chi connectivity index (χ2n) is 6.46. The van der Waals surface area contributed by atoms with Gasteiger partial charge in [-0.25, -0.2) is 4.79 Å². The predicted molar refractivity (Wildman–Crippen MR) is 102 cm³/mol. The van der Waals surface area contributed by atoms with Crippen molar-refractivity contribution in [1.29, 1.82) is 0 Å². The molecule has 1 saturated carbocycles. The first-order valence-electron chi connectivity index (χ1n) is 8.63. The molecule has 7 heteroatoms. The van der Waals surface area contributed by atoms with Gasteiger partial charge in [0, 0.05) is 11.8 Å². The average Bonchev–Trinajstić information content (AvgIpc) is 3.46. The fraction of sp³-hybridized carbons (Fsp3) is 0.200. The van der Waals surface area contributed by atoms with E-state index in [1.807, 2.05) is 24.3 Å². The summed E-state index contributed by atoms with van der Waals surface area (Å²) in [6.45, 7) is 0. The van der Waals surface area contributed by atoms with E-state index < -0.39 is 11.2 Å². The average molecular weight is 362 g/mol. The molecule has 27 heavy (non-hydrogen) atoms. The number of aromatic amines is 2. The molecule has 2 aromatic heterocycles. The number of H-pyrrole nitrogens is 2. The lowest BCUT2D eigenvalue weighted by Crippen LogP contribution is -2.23. The molecule has 0 aliphatic heterocycles. The maximum absolute atomic E-state index is 12.0. The summed E-state index contributed by atoms with van der Waals surface area (Å²) in [5.41, 5.74) is 1.68. The second-order valence-corrected chi connectivity index (χ2v) is 6.46. The van der Waals surface area contributed by atoms with Gasteiger partial charge >= 0.3 is 5.69 Å². The highest BCUT2D eigenvalue weighted by atomic mass is 16.5. The van der Waals surface area contributed by atoms with Crippen LogP contribution >= 0.6 is 0 Å². The van der Waals surface area contributed by atoms with Crippen LogP contribution in [0.3, 0.4) is 0 Å². The van der Waals surface area contributed by atoms with Crippen molar-refractivity contribution in [3.05, 3.63) is 80.6 Å². The molecule has 0 spiro atoms. The lowest BCUT2D eigenvalue weighted by atomic mass is 10.1. The zero-order valence-electron chi connectivity index (χ0n) is 14.7. The summed E-state index contributed by atoms with van der Waals surface area (Å²) in [5, 5.41) is 8.17. The van der Waals surface area contributed by atoms with Crippen LogP contribution in [0.2, 0.25) is 0 Å². The zero-order chi connectivity index (χ0) is 18.8. The van der Waals surface area contributed by atoms with Gasteiger partial charge in [0.25, 0.3) is 5.56 Å². The van der Waals surface area contributed by atoms with Crippen LogP contribution in [0.5, 0.6) is 5.88 Å². The van der Waals surface area contributed by atoms with Crippen LogP contribution in [0.4, 0.5) is 0 Å². The Morgan fingerprint density at radius 1 is 1.19 bits per heavy atom. The number of benzene rings is 1. The van der Waals surface area contributed by atoms with E-state index in [0.29, 0.717) is 17.5 Å². The number of nitrogens with zero attached hydrogens (tertiary/aromatic N) is 2. The van der Waals surface area contributed by atoms with E-state index in [9.17, 15) is 9.59 Å². The molecule has 0 bridgehead atoms. The monoisotopic (exact) mass is 362 g/mol. The summed E-state index contributed by atoms with van der Waals surface area (Å²) in [5.74, 6) is 1.10. The standard InChI is InChI=1S/C20H18N4O3/c1-27-19-15(14-9-13(14)8-7-12-5-3-2-4-6-12)10-17(23-24-19)16-11-21-20(26)22-18(16)25/h2-8,10-11,13-14H,9H2,1H3,(H2,21,22,25,26)/b8-7+/t13-,14-/m0/s1. The maximum atomic E-state index is 12.0. The highest BCUT2D eigenvalue weighted by Crippen LogP contribution is 2.51. The number of ether oxygens (including phenoxy) is 1. The van der Waals surface area contributed by atoms with E-state index in [0.717, 1.165) is 17.5 Å². The number of hydrogen-bond acceptors (Lipinski definition) is 5. The van der Waals surface area contributed by atoms with Gasteiger partial charge in [-0.15, -0.1) is 10.2 Å². The van der Waals surface area contributed by atoms with Gasteiger partial charge in [-0.2, -0.15) is 0 Å². The molecule has 0 radical (unpaired) electrons. The summed E-state index contributed by atoms with van der Waals surface area (Å²) < 4.78 is 5.36. The Hall–Kier alpha value is -3.48. The summed E-state index contributed by atoms with van der Waals surface area (Å²) >= 11 is 0. The van der Waals surface area contributed by atoms with E-state index >= 15 is 0 Å². The Kier molecular flexibility index (Phi) is 4.42. The van der Waals surface area contributed by atoms with Crippen LogP contribution in [0.1, 0.15) is 23.5 Å². The van der Waals surface area contributed by atoms with Gasteiger partial charge < -0.3 is 9.72 Å². The maximum Gasteiger partial charge on any atom is 0.325 e. The summed E-state index contributed by atoms with van der Waals surface area (Å²) in [7, 11) is 1.55. The highest BCUT2D eigenvalue weighted by molar-refractivity contribution is 5.59. The molecular formula is C20H18N4O3. The molecule has 2 atom stereocenters. The van der Waals surface area contributed by atoms with Crippen molar-refractivity contribution in [2.75, 3.05) is 7.11 Å². The number of nitrogens with one attached hydrogen (secondary N) is 2. The number of rotatable bonds is 5. The van der Waals surface area contributed by atoms with Crippen molar-refractivity contribution in [1.82, 2.24) is 20.2 Å². The largest absolute Gasteiger partial charge is 0.480 e. The molecule has 0 unspecified atom stereocenters. The van der Waals surface area contributed by atoms with Gasteiger partial charge in [0.1, 0.15) is 5.69 Å². The number of allylic oxidation sites excluding steroid dienone is 1. The van der Waals surface area contributed by atoms with E-state index in [-0.39, 0.29) is 11.5 Å². The van der Waals surface area contributed by atoms with E-state index in [4.69, 9.17) is 4.74 Å². The summed E-state index contributed by atoms with van der Waals surface area (Å²) in [6, 6.07) is 11.9. The van der Waals surface area contributed by atoms with Crippen LogP contribution in [0.15, 0.2) is 58.3 Å². The van der Waals surface area contributed by atoms with Crippen molar-refractivity contribution in [3.8, 4) is 17.1 Å². The third-order valence-corrected chi connectivity index (χ3v) is 4.65. The third kappa shape index (κ3) is 3.57. The molecule has 1 aromatic carbocycles. The first-order valence-corrected chi connectivity index (χ1v) is 8.63. The van der Waals surface area contributed by atoms with Gasteiger partial charge in [0.05, 0.1) is 12.7 Å². The zero-order valence-corrected chi connectivity index (χ0v) is 14.7. The van der Waals surface area contributed by atoms with Gasteiger partial charge in [-0.1, -0.05) is 42.5 Å². The van der Waals surface area contributed by atoms with E-state index in [1.54, 1.807) is 7.11 Å². The molecule has 2 heterocycles. The highest BCUT2D eigenvalue weighted by Gasteiger charge is 2.39. The van der Waals surface area contributed by atoms with Crippen molar-refractivity contribution >= 4 is 6.08 Å². The Morgan fingerprint density at radius 2 is 2.00 bits per heavy atom. The molecule has 2 N–H and O–H groups in total. The summed E-state index contributed by atoms with van der Waals surface area (Å²) in [6.07, 6.45) is 6.62. The topological polar surface area (TPSA) is 101 Å². The normalized spacial score (nSPS) is 18.6. The van der Waals surface area contributed by atoms with Crippen LogP contribution in [-0.2, 0) is 0 Å². The first kappa shape index (κ1) is 17.0. The van der Waals surface area contributed by atoms with Crippen LogP contribution in [0.25, 0.3) is 17.3 Å². The molecule has 7 nitrogen and oxygen atoms in total. The predicted octanol–water partition coefficient (Wildman–Crippen LogP) is 2.35. The number of hydrogen-bond donors (Lipinski definition) is 2. The van der Waals surface area contributed by atoms with Gasteiger partial charge in [0.2, 0.25) is 5.88 Å². The molecule has 0 saturated heterocycles. The molecule has 4 rings (SSSR count). The molecule has 0 amide bonds. The molecule has 1 fully saturated rings. The van der Waals surface area contributed by atoms with Crippen LogP contribution in [-0.4, -0.2) is 27.3 Å². The van der Waals surface area contributed by atoms with Gasteiger partial charge in [0.15, 0.2) is 0 Å². The van der Waals surface area contributed by atoms with Crippen molar-refractivity contribution in [3.63, 3.8) is 0 Å². The SMILES string of the molecule is COc1nnc(-c2c[nH]c(=O)[nH]c2=O)cc1[C@H]1C[C@@H]1/C=C/c1ccccc1. The molecule has 1 aliphatic rings. The van der Waals surface area contributed by atoms with Crippen LogP contribution in [0, 0.1) is 5.92 Å². The summed E-state index contributed by atoms with van der Waals surface area (Å²) in [4.78, 5) is 27.9. The molecule has 136 valence electrons. The minimum absolute atomic E-state index is 0.260. The minimum atomic E-state index is -0.557. The van der Waals surface area contributed by atoms with Crippen molar-refractivity contribution in [2.45, 2.75) is 12.3 Å². The Labute approximate surface area is 154 Å². The fourth-order valence-electron chi connectivity index (χ4n) is 3.13. The quantitative estimate of drug-likeness (QED) is 0.725. The molecule has 1 aliphatic carbocycles. The fourth-order valence-corrected chi connectivity index (χ4v) is 3.13. The molecule has 3 aromatic rings. The minimum Gasteiger partial charge on any atom is -0.480 e. The Balaban J connectivity index is 1.62. The Bertz CT molecular complexity index is 1100. The van der Waals surface area contributed by atoms with Gasteiger partial charge in [-0.3, -0.25) is 9.78 Å². The van der Waals surface area contributed by atoms with Crippen molar-refractivity contribution in [2.24, 2.45) is 5.92 Å². The number of methoxy groups -OCH3 is 1. The lowest BCUT2D eigenvalue weighted by Gasteiger charge is -2.07. The first-order chi connectivity index (χ1) is 13.2. The van der Waals surface area contributed by atoms with Gasteiger partial charge in [-0.05, 0) is 29.9 Å². The second kappa shape index (κ2) is 7.03.